The first-order valence-corrected chi connectivity index (χ1v) is 4.43. The molecule has 1 aromatic heterocycles. The van der Waals surface area contributed by atoms with Crippen LogP contribution in [0.2, 0.25) is 0 Å². The summed E-state index contributed by atoms with van der Waals surface area (Å²) in [5.74, 6) is 0.198. The molecule has 0 N–H and O–H groups in total. The van der Waals surface area contributed by atoms with Gasteiger partial charge < -0.3 is 9.26 Å². The number of rotatable bonds is 4. The molecular weight excluding hydrogens is 237 g/mol. The maximum absolute atomic E-state index is 11.7. The number of aromatic nitrogens is 2. The Hall–Kier alpha value is -0.820. The standard InChI is InChI=1S/C7H8ClF3N2O2/c1-4(8)6-12-5(13-15-6)2-14-3-7(9,10)11/h4H,2-3H2,1H3. The van der Waals surface area contributed by atoms with Crippen molar-refractivity contribution in [1.29, 1.82) is 0 Å². The van der Waals surface area contributed by atoms with Crippen molar-refractivity contribution in [3.8, 4) is 0 Å². The van der Waals surface area contributed by atoms with E-state index in [1.165, 1.54) is 0 Å². The van der Waals surface area contributed by atoms with E-state index in [9.17, 15) is 13.2 Å². The van der Waals surface area contributed by atoms with Gasteiger partial charge in [0.05, 0.1) is 0 Å². The molecule has 0 saturated heterocycles. The first-order valence-electron chi connectivity index (χ1n) is 3.99. The van der Waals surface area contributed by atoms with Crippen molar-refractivity contribution in [2.75, 3.05) is 6.61 Å². The van der Waals surface area contributed by atoms with Gasteiger partial charge in [0.2, 0.25) is 5.89 Å². The van der Waals surface area contributed by atoms with Crippen LogP contribution < -0.4 is 0 Å². The van der Waals surface area contributed by atoms with E-state index in [2.05, 4.69) is 19.4 Å². The van der Waals surface area contributed by atoms with E-state index in [1.807, 2.05) is 0 Å². The summed E-state index contributed by atoms with van der Waals surface area (Å²) in [6.45, 7) is -0.0880. The average molecular weight is 245 g/mol. The third kappa shape index (κ3) is 4.48. The number of ether oxygens (including phenoxy) is 1. The summed E-state index contributed by atoms with van der Waals surface area (Å²) in [7, 11) is 0. The monoisotopic (exact) mass is 244 g/mol. The van der Waals surface area contributed by atoms with Crippen molar-refractivity contribution in [3.05, 3.63) is 11.7 Å². The molecular formula is C7H8ClF3N2O2. The number of hydrogen-bond donors (Lipinski definition) is 0. The zero-order chi connectivity index (χ0) is 11.5. The fourth-order valence-electron chi connectivity index (χ4n) is 0.746. The Morgan fingerprint density at radius 1 is 1.53 bits per heavy atom. The molecule has 0 aliphatic heterocycles. The van der Waals surface area contributed by atoms with Crippen molar-refractivity contribution < 1.29 is 22.4 Å². The summed E-state index contributed by atoms with van der Waals surface area (Å²) in [4.78, 5) is 3.73. The zero-order valence-electron chi connectivity index (χ0n) is 7.71. The van der Waals surface area contributed by atoms with Gasteiger partial charge in [-0.25, -0.2) is 0 Å². The molecule has 0 aliphatic carbocycles. The van der Waals surface area contributed by atoms with Crippen molar-refractivity contribution >= 4 is 11.6 Å². The van der Waals surface area contributed by atoms with E-state index in [0.717, 1.165) is 0 Å². The predicted molar refractivity (Wildman–Crippen MR) is 44.3 cm³/mol. The van der Waals surface area contributed by atoms with Gasteiger partial charge in [0, 0.05) is 0 Å². The van der Waals surface area contributed by atoms with Crippen LogP contribution >= 0.6 is 11.6 Å². The van der Waals surface area contributed by atoms with E-state index < -0.39 is 18.2 Å². The van der Waals surface area contributed by atoms with Crippen molar-refractivity contribution in [2.45, 2.75) is 25.1 Å². The Bertz CT molecular complexity index is 313. The second-order valence-electron chi connectivity index (χ2n) is 2.77. The first kappa shape index (κ1) is 12.3. The van der Waals surface area contributed by atoms with E-state index >= 15 is 0 Å². The zero-order valence-corrected chi connectivity index (χ0v) is 8.47. The van der Waals surface area contributed by atoms with Crippen LogP contribution in [0.4, 0.5) is 13.2 Å². The van der Waals surface area contributed by atoms with Gasteiger partial charge in [0.25, 0.3) is 0 Å². The molecule has 1 unspecified atom stereocenters. The molecule has 8 heteroatoms. The maximum atomic E-state index is 11.7. The van der Waals surface area contributed by atoms with Crippen LogP contribution in [0.1, 0.15) is 24.0 Å². The molecule has 1 rings (SSSR count). The van der Waals surface area contributed by atoms with Gasteiger partial charge >= 0.3 is 6.18 Å². The third-order valence-electron chi connectivity index (χ3n) is 1.32. The summed E-state index contributed by atoms with van der Waals surface area (Å²) in [5.41, 5.74) is 0. The summed E-state index contributed by atoms with van der Waals surface area (Å²) < 4.78 is 44.0. The minimum Gasteiger partial charge on any atom is -0.364 e. The van der Waals surface area contributed by atoms with Crippen LogP contribution in [0.15, 0.2) is 4.52 Å². The van der Waals surface area contributed by atoms with Crippen molar-refractivity contribution in [3.63, 3.8) is 0 Å². The lowest BCUT2D eigenvalue weighted by Gasteiger charge is -2.04. The van der Waals surface area contributed by atoms with E-state index in [0.29, 0.717) is 0 Å². The molecule has 0 aromatic carbocycles. The Labute approximate surface area is 88.4 Å². The Morgan fingerprint density at radius 3 is 2.67 bits per heavy atom. The lowest BCUT2D eigenvalue weighted by Crippen LogP contribution is -2.16. The molecule has 4 nitrogen and oxygen atoms in total. The molecule has 0 amide bonds. The second-order valence-corrected chi connectivity index (χ2v) is 3.43. The minimum atomic E-state index is -4.35. The highest BCUT2D eigenvalue weighted by atomic mass is 35.5. The van der Waals surface area contributed by atoms with Gasteiger partial charge in [0.15, 0.2) is 5.82 Å². The predicted octanol–water partition coefficient (Wildman–Crippen LogP) is 2.45. The minimum absolute atomic E-state index is 0.0433. The molecule has 0 radical (unpaired) electrons. The van der Waals surface area contributed by atoms with Crippen molar-refractivity contribution in [2.24, 2.45) is 0 Å². The van der Waals surface area contributed by atoms with Gasteiger partial charge in [-0.15, -0.1) is 11.6 Å². The largest absolute Gasteiger partial charge is 0.411 e. The van der Waals surface area contributed by atoms with E-state index in [1.54, 1.807) is 6.92 Å². The summed E-state index contributed by atoms with van der Waals surface area (Å²) >= 11 is 5.61. The molecule has 1 atom stereocenters. The summed E-state index contributed by atoms with van der Waals surface area (Å²) in [5, 5.41) is 2.92. The fourth-order valence-corrected chi connectivity index (χ4v) is 0.834. The normalized spacial score (nSPS) is 14.2. The van der Waals surface area contributed by atoms with Crippen LogP contribution in [0.3, 0.4) is 0 Å². The molecule has 1 aromatic rings. The van der Waals surface area contributed by atoms with Gasteiger partial charge in [0.1, 0.15) is 18.6 Å². The van der Waals surface area contributed by atoms with Crippen LogP contribution in [0.5, 0.6) is 0 Å². The summed E-state index contributed by atoms with van der Waals surface area (Å²) in [6.07, 6.45) is -4.35. The maximum Gasteiger partial charge on any atom is 0.411 e. The van der Waals surface area contributed by atoms with Crippen LogP contribution in [0, 0.1) is 0 Å². The van der Waals surface area contributed by atoms with Crippen LogP contribution in [0.25, 0.3) is 0 Å². The number of nitrogens with zero attached hydrogens (tertiary/aromatic N) is 2. The van der Waals surface area contributed by atoms with Crippen LogP contribution in [-0.2, 0) is 11.3 Å². The highest BCUT2D eigenvalue weighted by molar-refractivity contribution is 6.20. The van der Waals surface area contributed by atoms with Gasteiger partial charge in [-0.05, 0) is 6.92 Å². The van der Waals surface area contributed by atoms with E-state index in [-0.39, 0.29) is 18.3 Å². The van der Waals surface area contributed by atoms with Gasteiger partial charge in [-0.3, -0.25) is 0 Å². The Balaban J connectivity index is 2.38. The number of halogens is 4. The molecule has 0 bridgehead atoms. The molecule has 0 fully saturated rings. The Kier molecular flexibility index (Phi) is 3.92. The second kappa shape index (κ2) is 4.80. The number of hydrogen-bond acceptors (Lipinski definition) is 4. The molecule has 1 heterocycles. The SMILES string of the molecule is CC(Cl)c1nc(COCC(F)(F)F)no1. The number of alkyl halides is 4. The van der Waals surface area contributed by atoms with E-state index in [4.69, 9.17) is 11.6 Å². The fraction of sp³-hybridized carbons (Fsp3) is 0.714. The molecule has 86 valence electrons. The quantitative estimate of drug-likeness (QED) is 0.764. The average Bonchev–Trinajstić information content (AvgIpc) is 2.50. The molecule has 0 aliphatic rings. The highest BCUT2D eigenvalue weighted by Gasteiger charge is 2.27. The third-order valence-corrected chi connectivity index (χ3v) is 1.51. The highest BCUT2D eigenvalue weighted by Crippen LogP contribution is 2.18. The lowest BCUT2D eigenvalue weighted by molar-refractivity contribution is -0.177. The van der Waals surface area contributed by atoms with Gasteiger partial charge in [-0.2, -0.15) is 18.2 Å². The first-order chi connectivity index (χ1) is 6.88. The lowest BCUT2D eigenvalue weighted by atomic mass is 10.5. The summed E-state index contributed by atoms with van der Waals surface area (Å²) in [6, 6.07) is 0. The van der Waals surface area contributed by atoms with Gasteiger partial charge in [-0.1, -0.05) is 5.16 Å². The topological polar surface area (TPSA) is 48.2 Å². The Morgan fingerprint density at radius 2 is 2.20 bits per heavy atom. The molecule has 0 saturated carbocycles. The van der Waals surface area contributed by atoms with Crippen LogP contribution in [-0.4, -0.2) is 22.9 Å². The smallest absolute Gasteiger partial charge is 0.364 e. The molecule has 15 heavy (non-hydrogen) atoms. The molecule has 0 spiro atoms. The van der Waals surface area contributed by atoms with Crippen molar-refractivity contribution in [1.82, 2.24) is 10.1 Å².